The minimum atomic E-state index is -3.25. The number of hydrogen-bond donors (Lipinski definition) is 0. The second-order valence-corrected chi connectivity index (χ2v) is 8.48. The van der Waals surface area contributed by atoms with Crippen LogP contribution in [0.4, 0.5) is 8.78 Å². The number of carbonyl (C=O) groups excluding carboxylic acids is 1. The maximum atomic E-state index is 12.2. The third-order valence-corrected chi connectivity index (χ3v) is 5.18. The Labute approximate surface area is 169 Å². The van der Waals surface area contributed by atoms with E-state index in [0.717, 1.165) is 11.8 Å². The summed E-state index contributed by atoms with van der Waals surface area (Å²) in [5.74, 6) is 0.526. The summed E-state index contributed by atoms with van der Waals surface area (Å²) in [5, 5.41) is 0. The van der Waals surface area contributed by atoms with Crippen LogP contribution in [-0.2, 0) is 21.2 Å². The van der Waals surface area contributed by atoms with Crippen LogP contribution in [0.5, 0.6) is 11.5 Å². The monoisotopic (exact) mass is 427 g/mol. The fraction of sp³-hybridized carbons (Fsp3) is 0.350. The highest BCUT2D eigenvalue weighted by Crippen LogP contribution is 2.17. The molecule has 2 aromatic carbocycles. The third-order valence-electron chi connectivity index (χ3n) is 4.05. The van der Waals surface area contributed by atoms with Crippen LogP contribution in [0.3, 0.4) is 0 Å². The van der Waals surface area contributed by atoms with Gasteiger partial charge in [0.25, 0.3) is 0 Å². The number of rotatable bonds is 10. The molecular formula is C20H23F2NO5S. The lowest BCUT2D eigenvalue weighted by Crippen LogP contribution is -2.26. The van der Waals surface area contributed by atoms with Crippen molar-refractivity contribution >= 4 is 15.7 Å². The normalized spacial score (nSPS) is 11.3. The number of benzene rings is 2. The van der Waals surface area contributed by atoms with E-state index in [4.69, 9.17) is 4.74 Å². The van der Waals surface area contributed by atoms with Crippen molar-refractivity contribution in [3.63, 3.8) is 0 Å². The average molecular weight is 427 g/mol. The molecule has 0 bridgehead atoms. The highest BCUT2D eigenvalue weighted by atomic mass is 32.2. The van der Waals surface area contributed by atoms with Gasteiger partial charge in [-0.2, -0.15) is 8.78 Å². The molecule has 0 heterocycles. The molecule has 0 N–H and O–H groups in total. The molecule has 0 aliphatic heterocycles. The van der Waals surface area contributed by atoms with Gasteiger partial charge in [0.05, 0.1) is 11.5 Å². The Kier molecular flexibility index (Phi) is 7.95. The van der Waals surface area contributed by atoms with E-state index in [1.807, 2.05) is 0 Å². The summed E-state index contributed by atoms with van der Waals surface area (Å²) < 4.78 is 56.9. The van der Waals surface area contributed by atoms with Gasteiger partial charge in [0.2, 0.25) is 5.91 Å². The molecule has 2 rings (SSSR count). The summed E-state index contributed by atoms with van der Waals surface area (Å²) in [5.41, 5.74) is 0.796. The Morgan fingerprint density at radius 3 is 2.17 bits per heavy atom. The number of halogens is 2. The van der Waals surface area contributed by atoms with Gasteiger partial charge >= 0.3 is 6.61 Å². The van der Waals surface area contributed by atoms with Gasteiger partial charge in [-0.15, -0.1) is 0 Å². The maximum absolute atomic E-state index is 12.2. The van der Waals surface area contributed by atoms with E-state index in [-0.39, 0.29) is 23.0 Å². The number of sulfone groups is 1. The Balaban J connectivity index is 1.73. The van der Waals surface area contributed by atoms with Crippen LogP contribution in [0.15, 0.2) is 53.4 Å². The molecule has 6 nitrogen and oxygen atoms in total. The summed E-state index contributed by atoms with van der Waals surface area (Å²) in [4.78, 5) is 14.0. The van der Waals surface area contributed by atoms with Crippen molar-refractivity contribution in [2.45, 2.75) is 30.9 Å². The molecule has 1 amide bonds. The molecule has 0 radical (unpaired) electrons. The highest BCUT2D eigenvalue weighted by molar-refractivity contribution is 7.90. The minimum Gasteiger partial charge on any atom is -0.494 e. The van der Waals surface area contributed by atoms with Crippen LogP contribution in [0.1, 0.15) is 18.4 Å². The standard InChI is InChI=1S/C20H23F2NO5S/c1-23(14-15-5-7-17(8-6-15)28-20(21)22)19(24)4-3-13-27-16-9-11-18(12-10-16)29(2,25)26/h5-12,20H,3-4,13-14H2,1-2H3. The second-order valence-electron chi connectivity index (χ2n) is 6.47. The zero-order valence-corrected chi connectivity index (χ0v) is 17.0. The van der Waals surface area contributed by atoms with Crippen molar-refractivity contribution in [1.29, 1.82) is 0 Å². The van der Waals surface area contributed by atoms with Crippen LogP contribution in [0.25, 0.3) is 0 Å². The molecular weight excluding hydrogens is 404 g/mol. The van der Waals surface area contributed by atoms with Crippen molar-refractivity contribution in [2.75, 3.05) is 19.9 Å². The predicted octanol–water partition coefficient (Wildman–Crippen LogP) is 3.51. The summed E-state index contributed by atoms with van der Waals surface area (Å²) >= 11 is 0. The van der Waals surface area contributed by atoms with Crippen molar-refractivity contribution in [3.05, 3.63) is 54.1 Å². The molecule has 0 fully saturated rings. The van der Waals surface area contributed by atoms with Crippen molar-refractivity contribution < 1.29 is 31.5 Å². The number of ether oxygens (including phenoxy) is 2. The van der Waals surface area contributed by atoms with Crippen LogP contribution in [-0.4, -0.2) is 45.7 Å². The summed E-state index contributed by atoms with van der Waals surface area (Å²) in [6, 6.07) is 12.2. The van der Waals surface area contributed by atoms with Gasteiger partial charge in [0, 0.05) is 26.3 Å². The Morgan fingerprint density at radius 2 is 1.62 bits per heavy atom. The molecule has 0 atom stereocenters. The Morgan fingerprint density at radius 1 is 1.03 bits per heavy atom. The number of carbonyl (C=O) groups is 1. The fourth-order valence-electron chi connectivity index (χ4n) is 2.53. The lowest BCUT2D eigenvalue weighted by atomic mass is 10.2. The quantitative estimate of drug-likeness (QED) is 0.543. The zero-order chi connectivity index (χ0) is 21.4. The SMILES string of the molecule is CN(Cc1ccc(OC(F)F)cc1)C(=O)CCCOc1ccc(S(C)(=O)=O)cc1. The van der Waals surface area contributed by atoms with E-state index >= 15 is 0 Å². The summed E-state index contributed by atoms with van der Waals surface area (Å²) in [6.45, 7) is -2.20. The van der Waals surface area contributed by atoms with E-state index in [1.165, 1.54) is 24.3 Å². The van der Waals surface area contributed by atoms with Crippen LogP contribution in [0.2, 0.25) is 0 Å². The van der Waals surface area contributed by atoms with E-state index < -0.39 is 16.4 Å². The van der Waals surface area contributed by atoms with E-state index in [0.29, 0.717) is 25.3 Å². The lowest BCUT2D eigenvalue weighted by molar-refractivity contribution is -0.130. The summed E-state index contributed by atoms with van der Waals surface area (Å²) in [6.07, 6.45) is 1.92. The molecule has 0 unspecified atom stereocenters. The molecule has 0 aliphatic rings. The second kappa shape index (κ2) is 10.2. The van der Waals surface area contributed by atoms with Gasteiger partial charge in [0.15, 0.2) is 9.84 Å². The molecule has 0 saturated carbocycles. The molecule has 0 aromatic heterocycles. The number of alkyl halides is 2. The number of hydrogen-bond acceptors (Lipinski definition) is 5. The minimum absolute atomic E-state index is 0.0689. The van der Waals surface area contributed by atoms with E-state index in [1.54, 1.807) is 36.2 Å². The predicted molar refractivity (Wildman–Crippen MR) is 104 cm³/mol. The molecule has 2 aromatic rings. The first-order valence-corrected chi connectivity index (χ1v) is 10.7. The zero-order valence-electron chi connectivity index (χ0n) is 16.2. The molecule has 158 valence electrons. The summed E-state index contributed by atoms with van der Waals surface area (Å²) in [7, 11) is -1.58. The first-order chi connectivity index (χ1) is 13.6. The van der Waals surface area contributed by atoms with Crippen molar-refractivity contribution in [2.24, 2.45) is 0 Å². The molecule has 0 aliphatic carbocycles. The van der Waals surface area contributed by atoms with Gasteiger partial charge in [0.1, 0.15) is 11.5 Å². The van der Waals surface area contributed by atoms with Crippen LogP contribution < -0.4 is 9.47 Å². The van der Waals surface area contributed by atoms with Gasteiger partial charge < -0.3 is 14.4 Å². The topological polar surface area (TPSA) is 72.9 Å². The third kappa shape index (κ3) is 7.69. The average Bonchev–Trinajstić information content (AvgIpc) is 2.66. The molecule has 0 saturated heterocycles. The molecule has 0 spiro atoms. The first-order valence-electron chi connectivity index (χ1n) is 8.86. The fourth-order valence-corrected chi connectivity index (χ4v) is 3.16. The van der Waals surface area contributed by atoms with Crippen LogP contribution in [0, 0.1) is 0 Å². The molecule has 9 heteroatoms. The first kappa shape index (κ1) is 22.6. The number of nitrogens with zero attached hydrogens (tertiary/aromatic N) is 1. The molecule has 29 heavy (non-hydrogen) atoms. The lowest BCUT2D eigenvalue weighted by Gasteiger charge is -2.17. The largest absolute Gasteiger partial charge is 0.494 e. The Bertz CT molecular complexity index is 899. The highest BCUT2D eigenvalue weighted by Gasteiger charge is 2.11. The Hall–Kier alpha value is -2.68. The maximum Gasteiger partial charge on any atom is 0.387 e. The smallest absolute Gasteiger partial charge is 0.387 e. The van der Waals surface area contributed by atoms with Crippen molar-refractivity contribution in [1.82, 2.24) is 4.90 Å². The van der Waals surface area contributed by atoms with E-state index in [9.17, 15) is 22.0 Å². The van der Waals surface area contributed by atoms with Gasteiger partial charge in [-0.25, -0.2) is 8.42 Å². The number of amides is 1. The van der Waals surface area contributed by atoms with Gasteiger partial charge in [-0.3, -0.25) is 4.79 Å². The van der Waals surface area contributed by atoms with Crippen molar-refractivity contribution in [3.8, 4) is 11.5 Å². The van der Waals surface area contributed by atoms with Crippen LogP contribution >= 0.6 is 0 Å². The van der Waals surface area contributed by atoms with Gasteiger partial charge in [-0.05, 0) is 48.4 Å². The van der Waals surface area contributed by atoms with E-state index in [2.05, 4.69) is 4.74 Å². The van der Waals surface area contributed by atoms with Gasteiger partial charge in [-0.1, -0.05) is 12.1 Å².